The third-order valence-electron chi connectivity index (χ3n) is 4.42. The lowest BCUT2D eigenvalue weighted by Gasteiger charge is -2.31. The van der Waals surface area contributed by atoms with Crippen LogP contribution >= 0.6 is 0 Å². The van der Waals surface area contributed by atoms with E-state index in [9.17, 15) is 4.79 Å². The molecule has 2 aliphatic heterocycles. The van der Waals surface area contributed by atoms with Gasteiger partial charge < -0.3 is 14.2 Å². The zero-order valence-corrected chi connectivity index (χ0v) is 13.6. The van der Waals surface area contributed by atoms with Crippen LogP contribution in [0.5, 0.6) is 0 Å². The fourth-order valence-corrected chi connectivity index (χ4v) is 3.18. The molecule has 2 fully saturated rings. The minimum atomic E-state index is -0.681. The Balaban J connectivity index is 1.75. The van der Waals surface area contributed by atoms with Gasteiger partial charge in [-0.3, -0.25) is 9.63 Å². The second-order valence-electron chi connectivity index (χ2n) is 6.09. The largest absolute Gasteiger partial charge is 0.469 e. The van der Waals surface area contributed by atoms with Gasteiger partial charge in [0.05, 0.1) is 33.0 Å². The molecule has 3 rings (SSSR count). The number of carbonyl (C=O) groups excluding carboxylic acids is 1. The van der Waals surface area contributed by atoms with Crippen LogP contribution in [0.25, 0.3) is 0 Å². The normalized spacial score (nSPS) is 27.2. The minimum Gasteiger partial charge on any atom is -0.469 e. The molecule has 0 saturated carbocycles. The molecule has 0 aromatic heterocycles. The van der Waals surface area contributed by atoms with Gasteiger partial charge in [-0.25, -0.2) is 0 Å². The fraction of sp³-hybridized carbons (Fsp3) is 0.588. The van der Waals surface area contributed by atoms with Crippen LogP contribution in [0.4, 0.5) is 0 Å². The number of benzene rings is 1. The third-order valence-corrected chi connectivity index (χ3v) is 4.42. The summed E-state index contributed by atoms with van der Waals surface area (Å²) in [5, 5.41) is 1.85. The van der Waals surface area contributed by atoms with Crippen molar-refractivity contribution in [2.45, 2.75) is 31.7 Å². The first-order chi connectivity index (χ1) is 11.1. The van der Waals surface area contributed by atoms with Crippen molar-refractivity contribution in [2.75, 3.05) is 26.9 Å². The number of rotatable bonds is 5. The molecule has 0 bridgehead atoms. The molecular weight excluding hydrogens is 298 g/mol. The maximum atomic E-state index is 12.1. The summed E-state index contributed by atoms with van der Waals surface area (Å²) in [5.74, 6) is -1.28. The monoisotopic (exact) mass is 321 g/mol. The Morgan fingerprint density at radius 3 is 2.65 bits per heavy atom. The van der Waals surface area contributed by atoms with Crippen LogP contribution < -0.4 is 0 Å². The predicted octanol–water partition coefficient (Wildman–Crippen LogP) is 1.74. The van der Waals surface area contributed by atoms with Gasteiger partial charge in [0, 0.05) is 13.0 Å². The van der Waals surface area contributed by atoms with E-state index in [1.807, 2.05) is 42.3 Å². The van der Waals surface area contributed by atoms with Gasteiger partial charge in [-0.15, -0.1) is 0 Å². The highest BCUT2D eigenvalue weighted by Crippen LogP contribution is 2.34. The SMILES string of the molecule is COC(=O)C1CON(Cc2ccccc2)C1CC1(C)OCCO1. The molecule has 0 radical (unpaired) electrons. The van der Waals surface area contributed by atoms with Crippen LogP contribution in [-0.4, -0.2) is 49.8 Å². The van der Waals surface area contributed by atoms with Crippen molar-refractivity contribution in [1.82, 2.24) is 5.06 Å². The van der Waals surface area contributed by atoms with Gasteiger partial charge >= 0.3 is 5.97 Å². The number of hydrogen-bond acceptors (Lipinski definition) is 6. The number of hydrogen-bond donors (Lipinski definition) is 0. The molecule has 0 aliphatic carbocycles. The standard InChI is InChI=1S/C17H23NO5/c1-17(21-8-9-22-17)10-15-14(16(19)20-2)12-23-18(15)11-13-6-4-3-5-7-13/h3-7,14-15H,8-12H2,1-2H3. The summed E-state index contributed by atoms with van der Waals surface area (Å²) < 4.78 is 16.3. The highest BCUT2D eigenvalue weighted by molar-refractivity contribution is 5.73. The Bertz CT molecular complexity index is 529. The van der Waals surface area contributed by atoms with Crippen molar-refractivity contribution in [3.8, 4) is 0 Å². The van der Waals surface area contributed by atoms with Crippen molar-refractivity contribution < 1.29 is 23.8 Å². The maximum Gasteiger partial charge on any atom is 0.312 e. The topological polar surface area (TPSA) is 57.2 Å². The summed E-state index contributed by atoms with van der Waals surface area (Å²) >= 11 is 0. The van der Waals surface area contributed by atoms with Crippen molar-refractivity contribution in [3.63, 3.8) is 0 Å². The van der Waals surface area contributed by atoms with Crippen molar-refractivity contribution >= 4 is 5.97 Å². The highest BCUT2D eigenvalue weighted by Gasteiger charge is 2.46. The minimum absolute atomic E-state index is 0.147. The second-order valence-corrected chi connectivity index (χ2v) is 6.09. The van der Waals surface area contributed by atoms with Gasteiger partial charge in [0.25, 0.3) is 0 Å². The molecule has 1 aromatic rings. The Hall–Kier alpha value is -1.47. The summed E-state index contributed by atoms with van der Waals surface area (Å²) in [5.41, 5.74) is 1.13. The zero-order chi connectivity index (χ0) is 16.3. The molecule has 126 valence electrons. The third kappa shape index (κ3) is 3.72. The van der Waals surface area contributed by atoms with Crippen LogP contribution in [0.2, 0.25) is 0 Å². The van der Waals surface area contributed by atoms with E-state index in [1.54, 1.807) is 0 Å². The van der Waals surface area contributed by atoms with E-state index in [2.05, 4.69) is 0 Å². The van der Waals surface area contributed by atoms with Gasteiger partial charge in [-0.1, -0.05) is 30.3 Å². The quantitative estimate of drug-likeness (QED) is 0.770. The Morgan fingerprint density at radius 1 is 1.30 bits per heavy atom. The molecule has 2 unspecified atom stereocenters. The lowest BCUT2D eigenvalue weighted by Crippen LogP contribution is -2.42. The highest BCUT2D eigenvalue weighted by atomic mass is 16.7. The zero-order valence-electron chi connectivity index (χ0n) is 13.6. The molecule has 2 atom stereocenters. The van der Waals surface area contributed by atoms with Gasteiger partial charge in [0.15, 0.2) is 5.79 Å². The number of nitrogens with zero attached hydrogens (tertiary/aromatic N) is 1. The van der Waals surface area contributed by atoms with Crippen LogP contribution in [0, 0.1) is 5.92 Å². The van der Waals surface area contributed by atoms with Gasteiger partial charge in [-0.2, -0.15) is 5.06 Å². The number of carbonyl (C=O) groups is 1. The van der Waals surface area contributed by atoms with Gasteiger partial charge in [-0.05, 0) is 12.5 Å². The van der Waals surface area contributed by atoms with Crippen LogP contribution in [-0.2, 0) is 30.4 Å². The first kappa shape index (κ1) is 16.4. The van der Waals surface area contributed by atoms with E-state index in [4.69, 9.17) is 19.0 Å². The van der Waals surface area contributed by atoms with Crippen LogP contribution in [0.3, 0.4) is 0 Å². The molecule has 23 heavy (non-hydrogen) atoms. The summed E-state index contributed by atoms with van der Waals surface area (Å²) in [6.07, 6.45) is 0.555. The molecule has 2 aliphatic rings. The number of hydroxylamine groups is 2. The average Bonchev–Trinajstić information content (AvgIpc) is 3.15. The van der Waals surface area contributed by atoms with E-state index < -0.39 is 5.79 Å². The number of methoxy groups -OCH3 is 1. The van der Waals surface area contributed by atoms with Crippen LogP contribution in [0.15, 0.2) is 30.3 Å². The summed E-state index contributed by atoms with van der Waals surface area (Å²) in [7, 11) is 1.41. The molecule has 0 spiro atoms. The molecular formula is C17H23NO5. The smallest absolute Gasteiger partial charge is 0.312 e. The van der Waals surface area contributed by atoms with E-state index >= 15 is 0 Å². The molecule has 6 nitrogen and oxygen atoms in total. The first-order valence-corrected chi connectivity index (χ1v) is 7.90. The van der Waals surface area contributed by atoms with Crippen molar-refractivity contribution in [1.29, 1.82) is 0 Å². The molecule has 6 heteroatoms. The molecule has 0 amide bonds. The Kier molecular flexibility index (Phi) is 4.96. The molecule has 1 aromatic carbocycles. The fourth-order valence-electron chi connectivity index (χ4n) is 3.18. The number of ether oxygens (including phenoxy) is 3. The Labute approximate surface area is 136 Å². The van der Waals surface area contributed by atoms with E-state index in [-0.39, 0.29) is 17.9 Å². The summed E-state index contributed by atoms with van der Waals surface area (Å²) in [6.45, 7) is 3.99. The van der Waals surface area contributed by atoms with Crippen molar-refractivity contribution in [2.24, 2.45) is 5.92 Å². The maximum absolute atomic E-state index is 12.1. The summed E-state index contributed by atoms with van der Waals surface area (Å²) in [4.78, 5) is 17.9. The van der Waals surface area contributed by atoms with Crippen molar-refractivity contribution in [3.05, 3.63) is 35.9 Å². The van der Waals surface area contributed by atoms with E-state index in [0.717, 1.165) is 5.56 Å². The molecule has 2 saturated heterocycles. The lowest BCUT2D eigenvalue weighted by atomic mass is 9.94. The summed E-state index contributed by atoms with van der Waals surface area (Å²) in [6, 6.07) is 9.88. The second kappa shape index (κ2) is 6.97. The predicted molar refractivity (Wildman–Crippen MR) is 82.2 cm³/mol. The molecule has 0 N–H and O–H groups in total. The Morgan fingerprint density at radius 2 is 2.00 bits per heavy atom. The van der Waals surface area contributed by atoms with E-state index in [0.29, 0.717) is 32.8 Å². The van der Waals surface area contributed by atoms with Gasteiger partial charge in [0.2, 0.25) is 0 Å². The average molecular weight is 321 g/mol. The first-order valence-electron chi connectivity index (χ1n) is 7.90. The number of esters is 1. The lowest BCUT2D eigenvalue weighted by molar-refractivity contribution is -0.190. The van der Waals surface area contributed by atoms with E-state index in [1.165, 1.54) is 7.11 Å². The van der Waals surface area contributed by atoms with Crippen LogP contribution in [0.1, 0.15) is 18.9 Å². The van der Waals surface area contributed by atoms with Gasteiger partial charge in [0.1, 0.15) is 5.92 Å². The molecule has 2 heterocycles.